The summed E-state index contributed by atoms with van der Waals surface area (Å²) in [5.41, 5.74) is 4.89. The van der Waals surface area contributed by atoms with Crippen LogP contribution in [0.25, 0.3) is 0 Å². The molecule has 0 aromatic carbocycles. The van der Waals surface area contributed by atoms with Crippen LogP contribution in [0, 0.1) is 0 Å². The van der Waals surface area contributed by atoms with Crippen molar-refractivity contribution in [3.05, 3.63) is 0 Å². The van der Waals surface area contributed by atoms with E-state index in [-0.39, 0.29) is 31.3 Å². The number of ether oxygens (including phenoxy) is 1. The van der Waals surface area contributed by atoms with Crippen molar-refractivity contribution in [3.8, 4) is 0 Å². The van der Waals surface area contributed by atoms with E-state index in [4.69, 9.17) is 15.6 Å². The zero-order chi connectivity index (χ0) is 15.1. The van der Waals surface area contributed by atoms with Crippen molar-refractivity contribution in [1.29, 1.82) is 0 Å². The summed E-state index contributed by atoms with van der Waals surface area (Å²) in [5, 5.41) is 8.85. The van der Waals surface area contributed by atoms with E-state index in [2.05, 4.69) is 0 Å². The summed E-state index contributed by atoms with van der Waals surface area (Å²) >= 11 is 0. The Balaban J connectivity index is 4.39. The van der Waals surface area contributed by atoms with E-state index in [0.29, 0.717) is 0 Å². The summed E-state index contributed by atoms with van der Waals surface area (Å²) in [6.45, 7) is 3.48. The first kappa shape index (κ1) is 17.8. The van der Waals surface area contributed by atoms with Crippen LogP contribution in [0.2, 0.25) is 0 Å². The second-order valence-corrected chi connectivity index (χ2v) is 6.13. The quantitative estimate of drug-likeness (QED) is 0.475. The van der Waals surface area contributed by atoms with E-state index in [1.807, 2.05) is 4.72 Å². The Kier molecular flexibility index (Phi) is 7.57. The molecule has 1 atom stereocenters. The van der Waals surface area contributed by atoms with Gasteiger partial charge in [0.15, 0.2) is 0 Å². The zero-order valence-electron chi connectivity index (χ0n) is 11.0. The lowest BCUT2D eigenvalue weighted by atomic mass is 10.2. The standard InChI is InChI=1S/C10H20N2O6S/c1-7(2)18-5-6-19(16,17)12-8(10(14)15)3-4-9(11)13/h7-8,12H,3-6H2,1-2H3,(H2,11,13)(H,14,15). The summed E-state index contributed by atoms with van der Waals surface area (Å²) in [7, 11) is -3.78. The highest BCUT2D eigenvalue weighted by Crippen LogP contribution is 2.01. The Bertz CT molecular complexity index is 406. The number of hydrogen-bond acceptors (Lipinski definition) is 5. The van der Waals surface area contributed by atoms with E-state index in [0.717, 1.165) is 0 Å². The minimum atomic E-state index is -3.78. The van der Waals surface area contributed by atoms with Crippen LogP contribution in [0.5, 0.6) is 0 Å². The summed E-state index contributed by atoms with van der Waals surface area (Å²) in [5.74, 6) is -2.38. The number of carbonyl (C=O) groups is 2. The van der Waals surface area contributed by atoms with Gasteiger partial charge >= 0.3 is 5.97 Å². The van der Waals surface area contributed by atoms with Crippen LogP contribution >= 0.6 is 0 Å². The Hall–Kier alpha value is -1.19. The first-order chi connectivity index (χ1) is 8.64. The molecule has 0 radical (unpaired) electrons. The number of carboxylic acid groups (broad SMARTS) is 1. The van der Waals surface area contributed by atoms with Crippen LogP contribution in [0.1, 0.15) is 26.7 Å². The molecule has 9 heteroatoms. The maximum Gasteiger partial charge on any atom is 0.321 e. The van der Waals surface area contributed by atoms with Crippen molar-refractivity contribution in [1.82, 2.24) is 4.72 Å². The Morgan fingerprint density at radius 1 is 1.37 bits per heavy atom. The lowest BCUT2D eigenvalue weighted by Gasteiger charge is -2.14. The number of carbonyl (C=O) groups excluding carboxylic acids is 1. The molecule has 0 spiro atoms. The SMILES string of the molecule is CC(C)OCCS(=O)(=O)NC(CCC(N)=O)C(=O)O. The molecule has 8 nitrogen and oxygen atoms in total. The normalized spacial score (nSPS) is 13.4. The Morgan fingerprint density at radius 2 is 1.95 bits per heavy atom. The third kappa shape index (κ3) is 9.40. The van der Waals surface area contributed by atoms with Crippen LogP contribution in [0.3, 0.4) is 0 Å². The molecule has 0 rings (SSSR count). The molecule has 0 aliphatic carbocycles. The molecule has 1 amide bonds. The minimum absolute atomic E-state index is 0.0326. The van der Waals surface area contributed by atoms with E-state index in [1.165, 1.54) is 0 Å². The number of primary amides is 1. The van der Waals surface area contributed by atoms with Crippen LogP contribution in [0.4, 0.5) is 0 Å². The third-order valence-corrected chi connectivity index (χ3v) is 3.45. The number of nitrogens with one attached hydrogen (secondary N) is 1. The van der Waals surface area contributed by atoms with E-state index >= 15 is 0 Å². The van der Waals surface area contributed by atoms with Gasteiger partial charge in [0.25, 0.3) is 0 Å². The van der Waals surface area contributed by atoms with Crippen LogP contribution in [0.15, 0.2) is 0 Å². The van der Waals surface area contributed by atoms with Gasteiger partial charge in [-0.15, -0.1) is 0 Å². The summed E-state index contributed by atoms with van der Waals surface area (Å²) < 4.78 is 30.3. The fourth-order valence-electron chi connectivity index (χ4n) is 1.19. The molecule has 0 bridgehead atoms. The fraction of sp³-hybridized carbons (Fsp3) is 0.800. The number of nitrogens with two attached hydrogens (primary N) is 1. The molecule has 0 saturated carbocycles. The highest BCUT2D eigenvalue weighted by molar-refractivity contribution is 7.89. The largest absolute Gasteiger partial charge is 0.480 e. The van der Waals surface area contributed by atoms with Gasteiger partial charge in [0, 0.05) is 6.42 Å². The van der Waals surface area contributed by atoms with Crippen molar-refractivity contribution in [3.63, 3.8) is 0 Å². The van der Waals surface area contributed by atoms with Crippen molar-refractivity contribution < 1.29 is 27.9 Å². The first-order valence-corrected chi connectivity index (χ1v) is 7.42. The van der Waals surface area contributed by atoms with E-state index in [1.54, 1.807) is 13.8 Å². The zero-order valence-corrected chi connectivity index (χ0v) is 11.8. The predicted molar refractivity (Wildman–Crippen MR) is 67.9 cm³/mol. The van der Waals surface area contributed by atoms with Crippen molar-refractivity contribution in [2.75, 3.05) is 12.4 Å². The van der Waals surface area contributed by atoms with Crippen LogP contribution < -0.4 is 10.5 Å². The molecule has 1 unspecified atom stereocenters. The lowest BCUT2D eigenvalue weighted by molar-refractivity contribution is -0.139. The molecule has 0 fully saturated rings. The summed E-state index contributed by atoms with van der Waals surface area (Å²) in [4.78, 5) is 21.4. The van der Waals surface area contributed by atoms with Gasteiger partial charge in [-0.3, -0.25) is 9.59 Å². The number of amides is 1. The average molecular weight is 296 g/mol. The Morgan fingerprint density at radius 3 is 2.37 bits per heavy atom. The third-order valence-electron chi connectivity index (χ3n) is 2.10. The number of rotatable bonds is 10. The topological polar surface area (TPSA) is 136 Å². The van der Waals surface area contributed by atoms with Crippen molar-refractivity contribution in [2.45, 2.75) is 38.8 Å². The van der Waals surface area contributed by atoms with Gasteiger partial charge in [-0.25, -0.2) is 13.1 Å². The van der Waals surface area contributed by atoms with E-state index < -0.39 is 27.9 Å². The van der Waals surface area contributed by atoms with Crippen molar-refractivity contribution in [2.24, 2.45) is 5.73 Å². The van der Waals surface area contributed by atoms with E-state index in [9.17, 15) is 18.0 Å². The van der Waals surface area contributed by atoms with Gasteiger partial charge in [0.2, 0.25) is 15.9 Å². The maximum atomic E-state index is 11.6. The molecule has 0 aliphatic heterocycles. The van der Waals surface area contributed by atoms with Gasteiger partial charge in [-0.05, 0) is 20.3 Å². The van der Waals surface area contributed by atoms with Gasteiger partial charge in [-0.2, -0.15) is 0 Å². The first-order valence-electron chi connectivity index (χ1n) is 5.76. The summed E-state index contributed by atoms with van der Waals surface area (Å²) in [6.07, 6.45) is -0.503. The fourth-order valence-corrected chi connectivity index (χ4v) is 2.27. The molecule has 0 saturated heterocycles. The second kappa shape index (κ2) is 8.08. The van der Waals surface area contributed by atoms with Crippen molar-refractivity contribution >= 4 is 21.9 Å². The molecule has 0 heterocycles. The Labute approximate surface area is 112 Å². The minimum Gasteiger partial charge on any atom is -0.480 e. The number of hydrogen-bond donors (Lipinski definition) is 3. The lowest BCUT2D eigenvalue weighted by Crippen LogP contribution is -2.43. The average Bonchev–Trinajstić information content (AvgIpc) is 2.22. The molecule has 0 aliphatic rings. The highest BCUT2D eigenvalue weighted by atomic mass is 32.2. The van der Waals surface area contributed by atoms with Gasteiger partial charge < -0.3 is 15.6 Å². The molecule has 0 aromatic rings. The van der Waals surface area contributed by atoms with Gasteiger partial charge in [0.1, 0.15) is 6.04 Å². The number of sulfonamides is 1. The number of aliphatic carboxylic acids is 1. The number of carboxylic acids is 1. The van der Waals surface area contributed by atoms with Crippen LogP contribution in [-0.2, 0) is 24.3 Å². The van der Waals surface area contributed by atoms with Gasteiger partial charge in [0.05, 0.1) is 18.5 Å². The molecule has 4 N–H and O–H groups in total. The second-order valence-electron chi connectivity index (χ2n) is 4.25. The predicted octanol–water partition coefficient (Wildman–Crippen LogP) is -0.950. The van der Waals surface area contributed by atoms with Gasteiger partial charge in [-0.1, -0.05) is 0 Å². The smallest absolute Gasteiger partial charge is 0.321 e. The van der Waals surface area contributed by atoms with Crippen LogP contribution in [-0.4, -0.2) is 49.9 Å². The molecule has 0 aromatic heterocycles. The highest BCUT2D eigenvalue weighted by Gasteiger charge is 2.24. The molecule has 19 heavy (non-hydrogen) atoms. The molecular formula is C10H20N2O6S. The summed E-state index contributed by atoms with van der Waals surface area (Å²) in [6, 6.07) is -1.36. The molecular weight excluding hydrogens is 276 g/mol. The monoisotopic (exact) mass is 296 g/mol. The maximum absolute atomic E-state index is 11.6. The molecule has 112 valence electrons.